The van der Waals surface area contributed by atoms with E-state index in [1.54, 1.807) is 6.92 Å². The van der Waals surface area contributed by atoms with Crippen molar-refractivity contribution < 1.29 is 4.79 Å². The highest BCUT2D eigenvalue weighted by atomic mass is 35.5. The van der Waals surface area contributed by atoms with Crippen LogP contribution in [-0.2, 0) is 4.79 Å². The maximum atomic E-state index is 12.1. The minimum absolute atomic E-state index is 0.159. The van der Waals surface area contributed by atoms with Gasteiger partial charge in [-0.15, -0.1) is 23.2 Å². The number of halogens is 2. The molecule has 0 aromatic carbocycles. The molecule has 0 radical (unpaired) electrons. The number of hydrogen-bond donors (Lipinski definition) is 1. The van der Waals surface area contributed by atoms with E-state index in [1.807, 2.05) is 35.9 Å². The summed E-state index contributed by atoms with van der Waals surface area (Å²) in [6.07, 6.45) is 4.20. The van der Waals surface area contributed by atoms with Crippen LogP contribution in [0.3, 0.4) is 0 Å². The molecular formula is C13H13Cl2N3O. The zero-order valence-corrected chi connectivity index (χ0v) is 12.1. The number of hydrogen-bond acceptors (Lipinski definition) is 2. The zero-order valence-electron chi connectivity index (χ0n) is 10.6. The third kappa shape index (κ3) is 1.99. The van der Waals surface area contributed by atoms with E-state index in [2.05, 4.69) is 10.3 Å². The Bertz CT molecular complexity index is 680. The van der Waals surface area contributed by atoms with Gasteiger partial charge in [-0.05, 0) is 32.4 Å². The number of aromatic nitrogens is 2. The van der Waals surface area contributed by atoms with Crippen molar-refractivity contribution in [3.63, 3.8) is 0 Å². The van der Waals surface area contributed by atoms with Crippen LogP contribution in [0.5, 0.6) is 0 Å². The lowest BCUT2D eigenvalue weighted by Gasteiger charge is -2.12. The van der Waals surface area contributed by atoms with E-state index in [1.165, 1.54) is 0 Å². The molecule has 1 aliphatic carbocycles. The highest BCUT2D eigenvalue weighted by molar-refractivity contribution is 6.53. The van der Waals surface area contributed by atoms with Gasteiger partial charge in [0.25, 0.3) is 0 Å². The van der Waals surface area contributed by atoms with Gasteiger partial charge in [-0.25, -0.2) is 4.98 Å². The predicted molar refractivity (Wildman–Crippen MR) is 75.7 cm³/mol. The molecule has 2 aromatic heterocycles. The van der Waals surface area contributed by atoms with Crippen LogP contribution in [0.15, 0.2) is 24.5 Å². The third-order valence-electron chi connectivity index (χ3n) is 3.59. The Kier molecular flexibility index (Phi) is 2.60. The van der Waals surface area contributed by atoms with Crippen LogP contribution in [0.4, 0.5) is 5.69 Å². The van der Waals surface area contributed by atoms with Gasteiger partial charge in [0.05, 0.1) is 16.8 Å². The van der Waals surface area contributed by atoms with E-state index in [4.69, 9.17) is 23.2 Å². The number of rotatable bonds is 2. The van der Waals surface area contributed by atoms with Crippen molar-refractivity contribution in [3.8, 4) is 0 Å². The van der Waals surface area contributed by atoms with Crippen molar-refractivity contribution in [2.24, 2.45) is 5.41 Å². The standard InChI is InChI=1S/C13H13Cl2N3O/c1-8-5-18-6-9(3-4-10(18)16-8)17-11(19)12(2)7-13(12,14)15/h3-6H,7H2,1-2H3,(H,17,19)/t12-/m0/s1. The first-order valence-electron chi connectivity index (χ1n) is 5.96. The quantitative estimate of drug-likeness (QED) is 0.866. The van der Waals surface area contributed by atoms with E-state index in [0.29, 0.717) is 12.1 Å². The number of amides is 1. The molecule has 1 aliphatic rings. The third-order valence-corrected chi connectivity index (χ3v) is 4.69. The first-order chi connectivity index (χ1) is 8.82. The topological polar surface area (TPSA) is 46.4 Å². The monoisotopic (exact) mass is 297 g/mol. The van der Waals surface area contributed by atoms with Crippen molar-refractivity contribution >= 4 is 40.4 Å². The minimum atomic E-state index is -0.952. The number of imidazole rings is 1. The molecule has 1 saturated carbocycles. The van der Waals surface area contributed by atoms with E-state index in [0.717, 1.165) is 11.3 Å². The normalized spacial score (nSPS) is 24.4. The van der Waals surface area contributed by atoms with Gasteiger partial charge in [-0.3, -0.25) is 4.79 Å². The second-order valence-corrected chi connectivity index (χ2v) is 6.72. The number of pyridine rings is 1. The number of alkyl halides is 2. The lowest BCUT2D eigenvalue weighted by atomic mass is 10.1. The molecular weight excluding hydrogens is 285 g/mol. The number of carbonyl (C=O) groups is 1. The van der Waals surface area contributed by atoms with Crippen molar-refractivity contribution in [2.45, 2.75) is 24.6 Å². The molecule has 0 spiro atoms. The number of aryl methyl sites for hydroxylation is 1. The second-order valence-electron chi connectivity index (χ2n) is 5.23. The average Bonchev–Trinajstić information content (AvgIpc) is 2.66. The van der Waals surface area contributed by atoms with Crippen LogP contribution < -0.4 is 5.32 Å². The van der Waals surface area contributed by atoms with E-state index in [-0.39, 0.29) is 5.91 Å². The molecule has 0 saturated heterocycles. The smallest absolute Gasteiger partial charge is 0.233 e. The van der Waals surface area contributed by atoms with Crippen molar-refractivity contribution in [3.05, 3.63) is 30.2 Å². The summed E-state index contributed by atoms with van der Waals surface area (Å²) in [5, 5.41) is 2.84. The molecule has 100 valence electrons. The Hall–Kier alpha value is -1.26. The minimum Gasteiger partial charge on any atom is -0.324 e. The first kappa shape index (κ1) is 12.8. The van der Waals surface area contributed by atoms with Crippen LogP contribution in [0.25, 0.3) is 5.65 Å². The summed E-state index contributed by atoms with van der Waals surface area (Å²) in [5.41, 5.74) is 1.76. The number of fused-ring (bicyclic) bond motifs is 1. The van der Waals surface area contributed by atoms with Gasteiger partial charge in [-0.1, -0.05) is 0 Å². The zero-order chi connectivity index (χ0) is 13.8. The SMILES string of the molecule is Cc1cn2cc(NC(=O)[C@]3(C)CC3(Cl)Cl)ccc2n1. The number of nitrogens with zero attached hydrogens (tertiary/aromatic N) is 2. The molecule has 1 atom stereocenters. The van der Waals surface area contributed by atoms with Gasteiger partial charge < -0.3 is 9.72 Å². The van der Waals surface area contributed by atoms with E-state index < -0.39 is 9.75 Å². The first-order valence-corrected chi connectivity index (χ1v) is 6.72. The second kappa shape index (κ2) is 3.87. The van der Waals surface area contributed by atoms with Crippen LogP contribution in [0.1, 0.15) is 19.0 Å². The van der Waals surface area contributed by atoms with E-state index in [9.17, 15) is 4.79 Å². The lowest BCUT2D eigenvalue weighted by Crippen LogP contribution is -2.26. The van der Waals surface area contributed by atoms with Gasteiger partial charge in [0.2, 0.25) is 5.91 Å². The molecule has 1 amide bonds. The largest absolute Gasteiger partial charge is 0.324 e. The summed E-state index contributed by atoms with van der Waals surface area (Å²) < 4.78 is 0.918. The summed E-state index contributed by atoms with van der Waals surface area (Å²) in [4.78, 5) is 16.5. The predicted octanol–water partition coefficient (Wildman–Crippen LogP) is 3.17. The summed E-state index contributed by atoms with van der Waals surface area (Å²) in [6, 6.07) is 3.67. The van der Waals surface area contributed by atoms with Crippen LogP contribution in [0.2, 0.25) is 0 Å². The molecule has 1 N–H and O–H groups in total. The number of nitrogens with one attached hydrogen (secondary N) is 1. The fourth-order valence-corrected chi connectivity index (χ4v) is 2.81. The van der Waals surface area contributed by atoms with Crippen molar-refractivity contribution in [2.75, 3.05) is 5.32 Å². The highest BCUT2D eigenvalue weighted by Gasteiger charge is 2.67. The summed E-state index contributed by atoms with van der Waals surface area (Å²) in [5.74, 6) is -0.159. The summed E-state index contributed by atoms with van der Waals surface area (Å²) in [6.45, 7) is 3.69. The molecule has 6 heteroatoms. The van der Waals surface area contributed by atoms with Crippen molar-refractivity contribution in [1.82, 2.24) is 9.38 Å². The maximum absolute atomic E-state index is 12.1. The Morgan fingerprint density at radius 3 is 2.74 bits per heavy atom. The number of anilines is 1. The molecule has 1 fully saturated rings. The van der Waals surface area contributed by atoms with Crippen molar-refractivity contribution in [1.29, 1.82) is 0 Å². The molecule has 19 heavy (non-hydrogen) atoms. The van der Waals surface area contributed by atoms with Gasteiger partial charge >= 0.3 is 0 Å². The number of carbonyl (C=O) groups excluding carboxylic acids is 1. The molecule has 2 heterocycles. The Labute approximate surface area is 120 Å². The molecule has 2 aromatic rings. The van der Waals surface area contributed by atoms with Crippen LogP contribution >= 0.6 is 23.2 Å². The van der Waals surface area contributed by atoms with Gasteiger partial charge in [0.1, 0.15) is 9.98 Å². The van der Waals surface area contributed by atoms with Crippen LogP contribution in [-0.4, -0.2) is 19.6 Å². The fourth-order valence-electron chi connectivity index (χ4n) is 2.11. The van der Waals surface area contributed by atoms with E-state index >= 15 is 0 Å². The summed E-state index contributed by atoms with van der Waals surface area (Å²) in [7, 11) is 0. The Morgan fingerprint density at radius 1 is 1.42 bits per heavy atom. The summed E-state index contributed by atoms with van der Waals surface area (Å²) >= 11 is 12.0. The molecule has 0 unspecified atom stereocenters. The van der Waals surface area contributed by atoms with Gasteiger partial charge in [0.15, 0.2) is 0 Å². The average molecular weight is 298 g/mol. The van der Waals surface area contributed by atoms with Gasteiger partial charge in [0, 0.05) is 12.4 Å². The lowest BCUT2D eigenvalue weighted by molar-refractivity contribution is -0.120. The molecule has 4 nitrogen and oxygen atoms in total. The molecule has 0 bridgehead atoms. The fraction of sp³-hybridized carbons (Fsp3) is 0.385. The Morgan fingerprint density at radius 2 is 2.11 bits per heavy atom. The molecule has 3 rings (SSSR count). The van der Waals surface area contributed by atoms with Crippen LogP contribution in [0, 0.1) is 12.3 Å². The van der Waals surface area contributed by atoms with Gasteiger partial charge in [-0.2, -0.15) is 0 Å². The maximum Gasteiger partial charge on any atom is 0.233 e. The highest BCUT2D eigenvalue weighted by Crippen LogP contribution is 2.64. The Balaban J connectivity index is 1.84. The molecule has 0 aliphatic heterocycles.